The molecular formula is C57H92N6O16S. The van der Waals surface area contributed by atoms with Crippen LogP contribution in [0, 0.1) is 17.8 Å². The third kappa shape index (κ3) is 23.1. The van der Waals surface area contributed by atoms with E-state index in [1.165, 1.54) is 26.4 Å². The number of rotatable bonds is 41. The maximum Gasteiger partial charge on any atom is 0.328 e. The van der Waals surface area contributed by atoms with Crippen LogP contribution in [-0.4, -0.2) is 224 Å². The number of ether oxygens (including phenoxy) is 9. The molecule has 22 nitrogen and oxygen atoms in total. The number of likely N-dealkylation sites (N-methyl/N-ethyl adjacent to an activating group) is 1. The van der Waals surface area contributed by atoms with Crippen molar-refractivity contribution in [1.29, 1.82) is 0 Å². The molecule has 3 rings (SSSR count). The van der Waals surface area contributed by atoms with E-state index in [1.807, 2.05) is 69.9 Å². The molecule has 1 saturated heterocycles. The van der Waals surface area contributed by atoms with Crippen molar-refractivity contribution in [2.75, 3.05) is 121 Å². The van der Waals surface area contributed by atoms with Gasteiger partial charge in [0.2, 0.25) is 23.6 Å². The monoisotopic (exact) mass is 1150 g/mol. The second kappa shape index (κ2) is 37.2. The van der Waals surface area contributed by atoms with Crippen LogP contribution in [0.25, 0.3) is 0 Å². The summed E-state index contributed by atoms with van der Waals surface area (Å²) in [5.74, 6) is -3.41. The molecule has 0 spiro atoms. The average Bonchev–Trinajstić information content (AvgIpc) is 4.05. The summed E-state index contributed by atoms with van der Waals surface area (Å²) in [5.41, 5.74) is -0.439. The molecule has 0 radical (unpaired) electrons. The van der Waals surface area contributed by atoms with Crippen LogP contribution >= 0.6 is 12.2 Å². The number of carbonyl (C=O) groups excluding carboxylic acids is 7. The largest absolute Gasteiger partial charge is 0.467 e. The highest BCUT2D eigenvalue weighted by molar-refractivity contribution is 7.80. The van der Waals surface area contributed by atoms with Crippen LogP contribution < -0.4 is 16.0 Å². The number of nitrogens with zero attached hydrogens (tertiary/aromatic N) is 3. The van der Waals surface area contributed by atoms with Crippen molar-refractivity contribution in [2.45, 2.75) is 129 Å². The van der Waals surface area contributed by atoms with Crippen LogP contribution in [0.1, 0.15) is 86.1 Å². The second-order valence-corrected chi connectivity index (χ2v) is 21.3. The molecule has 2 heterocycles. The lowest BCUT2D eigenvalue weighted by Crippen LogP contribution is -2.62. The third-order valence-corrected chi connectivity index (χ3v) is 14.8. The normalized spacial score (nSPS) is 17.2. The standard InChI is InChI=1S/C57H92N6O16S/c1-12-40(4)51(45(71-9)38-49(67)62-23-16-19-44(62)52(72-10)41(5)53(80)58-43(55(69)73-11)37-42-17-14-13-15-18-42)61(8)54(68)50(39(2)3)59-56(70)57(6,7)60-46(64)22-25-74-27-29-76-31-33-78-35-36-79-34-32-77-30-28-75-26-24-63-47(65)20-21-48(63)66/h13-15,17-18,20-21,39-41,43-45,50-52H,12,16,19,22-38H2,1-11H3,(H,58,80)(H,59,70)(H,60,64). The van der Waals surface area contributed by atoms with Crippen LogP contribution in [-0.2, 0) is 82.6 Å². The Labute approximate surface area is 479 Å². The zero-order valence-corrected chi connectivity index (χ0v) is 50.0. The van der Waals surface area contributed by atoms with Crippen molar-refractivity contribution in [3.63, 3.8) is 0 Å². The highest BCUT2D eigenvalue weighted by Crippen LogP contribution is 2.30. The first-order chi connectivity index (χ1) is 38.2. The third-order valence-electron chi connectivity index (χ3n) is 14.3. The number of benzene rings is 1. The quantitative estimate of drug-likeness (QED) is 0.0369. The van der Waals surface area contributed by atoms with Crippen LogP contribution in [0.5, 0.6) is 0 Å². The topological polar surface area (TPSA) is 248 Å². The van der Waals surface area contributed by atoms with Gasteiger partial charge in [0, 0.05) is 58.7 Å². The Morgan fingerprint density at radius 1 is 0.762 bits per heavy atom. The van der Waals surface area contributed by atoms with Crippen LogP contribution in [0.3, 0.4) is 0 Å². The molecule has 8 atom stereocenters. The van der Waals surface area contributed by atoms with Gasteiger partial charge < -0.3 is 68.4 Å². The highest BCUT2D eigenvalue weighted by Gasteiger charge is 2.43. The summed E-state index contributed by atoms with van der Waals surface area (Å²) >= 11 is 5.88. The number of esters is 1. The van der Waals surface area contributed by atoms with E-state index < -0.39 is 53.7 Å². The molecule has 0 aliphatic carbocycles. The number of hydrogen-bond acceptors (Lipinski definition) is 17. The van der Waals surface area contributed by atoms with Gasteiger partial charge in [-0.2, -0.15) is 0 Å². The first-order valence-electron chi connectivity index (χ1n) is 27.9. The number of thiocarbonyl (C=S) groups is 1. The number of nitrogens with one attached hydrogen (secondary N) is 3. The lowest BCUT2D eigenvalue weighted by molar-refractivity contribution is -0.147. The molecule has 1 fully saturated rings. The van der Waals surface area contributed by atoms with Crippen LogP contribution in [0.2, 0.25) is 0 Å². The molecule has 2 aliphatic rings. The zero-order chi connectivity index (χ0) is 59.2. The van der Waals surface area contributed by atoms with Crippen molar-refractivity contribution < 1.29 is 76.2 Å². The van der Waals surface area contributed by atoms with E-state index in [2.05, 4.69) is 16.0 Å². The van der Waals surface area contributed by atoms with Crippen molar-refractivity contribution in [1.82, 2.24) is 30.7 Å². The molecule has 0 aromatic heterocycles. The van der Waals surface area contributed by atoms with Gasteiger partial charge in [-0.05, 0) is 44.1 Å². The number of amides is 6. The molecule has 3 N–H and O–H groups in total. The number of likely N-dealkylation sites (tertiary alicyclic amines) is 1. The minimum Gasteiger partial charge on any atom is -0.467 e. The Hall–Kier alpha value is -4.98. The fraction of sp³-hybridized carbons (Fsp3) is 0.719. The molecule has 6 amide bonds. The minimum atomic E-state index is -1.38. The maximum absolute atomic E-state index is 14.5. The first-order valence-corrected chi connectivity index (χ1v) is 28.3. The molecular weight excluding hydrogens is 1060 g/mol. The fourth-order valence-corrected chi connectivity index (χ4v) is 9.77. The fourth-order valence-electron chi connectivity index (χ4n) is 9.49. The predicted octanol–water partition coefficient (Wildman–Crippen LogP) is 3.06. The summed E-state index contributed by atoms with van der Waals surface area (Å²) in [4.78, 5) is 96.7. The Kier molecular flexibility index (Phi) is 32.2. The molecule has 0 saturated carbocycles. The molecule has 2 aliphatic heterocycles. The number of hydrogen-bond donors (Lipinski definition) is 3. The van der Waals surface area contributed by atoms with Gasteiger partial charge in [-0.25, -0.2) is 4.79 Å². The molecule has 8 unspecified atom stereocenters. The van der Waals surface area contributed by atoms with E-state index in [-0.39, 0.29) is 86.6 Å². The molecule has 1 aromatic carbocycles. The van der Waals surface area contributed by atoms with Gasteiger partial charge >= 0.3 is 5.97 Å². The summed E-state index contributed by atoms with van der Waals surface area (Å²) in [7, 11) is 6.14. The van der Waals surface area contributed by atoms with Crippen molar-refractivity contribution in [3.8, 4) is 0 Å². The SMILES string of the molecule is CCC(C)C(C(CC(=O)N1CCCC1C(OC)C(C)C(=S)NC(Cc1ccccc1)C(=O)OC)OC)N(C)C(=O)C(NC(=O)C(C)(C)NC(=O)CCOCCOCCOCCOCCOCCOCCN1C(=O)C=CC1=O)C(C)C. The van der Waals surface area contributed by atoms with Gasteiger partial charge in [0.25, 0.3) is 11.8 Å². The predicted molar refractivity (Wildman–Crippen MR) is 302 cm³/mol. The Balaban J connectivity index is 1.41. The lowest BCUT2D eigenvalue weighted by Gasteiger charge is -2.41. The molecule has 23 heteroatoms. The zero-order valence-electron chi connectivity index (χ0n) is 49.2. The Bertz CT molecular complexity index is 2100. The smallest absolute Gasteiger partial charge is 0.328 e. The summed E-state index contributed by atoms with van der Waals surface area (Å²) in [5, 5.41) is 8.89. The molecule has 80 heavy (non-hydrogen) atoms. The summed E-state index contributed by atoms with van der Waals surface area (Å²) in [6, 6.07) is 7.02. The van der Waals surface area contributed by atoms with Gasteiger partial charge in [-0.15, -0.1) is 0 Å². The number of methoxy groups -OCH3 is 3. The van der Waals surface area contributed by atoms with Crippen molar-refractivity contribution in [2.24, 2.45) is 17.8 Å². The van der Waals surface area contributed by atoms with Crippen LogP contribution in [0.15, 0.2) is 42.5 Å². The number of carbonyl (C=O) groups is 7. The Morgan fingerprint density at radius 2 is 1.30 bits per heavy atom. The minimum absolute atomic E-state index is 0.00838. The van der Waals surface area contributed by atoms with Gasteiger partial charge in [0.15, 0.2) is 0 Å². The first kappa shape index (κ1) is 69.3. The van der Waals surface area contributed by atoms with E-state index in [0.29, 0.717) is 90.3 Å². The van der Waals surface area contributed by atoms with Crippen LogP contribution in [0.4, 0.5) is 0 Å². The summed E-state index contributed by atoms with van der Waals surface area (Å²) in [6.45, 7) is 17.2. The average molecular weight is 1150 g/mol. The maximum atomic E-state index is 14.5. The number of imide groups is 1. The van der Waals surface area contributed by atoms with E-state index in [4.69, 9.17) is 54.8 Å². The van der Waals surface area contributed by atoms with Gasteiger partial charge in [-0.3, -0.25) is 33.7 Å². The van der Waals surface area contributed by atoms with E-state index >= 15 is 0 Å². The van der Waals surface area contributed by atoms with Crippen molar-refractivity contribution >= 4 is 58.6 Å². The van der Waals surface area contributed by atoms with E-state index in [0.717, 1.165) is 16.9 Å². The lowest BCUT2D eigenvalue weighted by atomic mass is 9.89. The van der Waals surface area contributed by atoms with Gasteiger partial charge in [-0.1, -0.05) is 83.6 Å². The van der Waals surface area contributed by atoms with Gasteiger partial charge in [0.05, 0.1) is 129 Å². The summed E-state index contributed by atoms with van der Waals surface area (Å²) in [6.07, 6.45) is 3.71. The highest BCUT2D eigenvalue weighted by atomic mass is 32.1. The van der Waals surface area contributed by atoms with Gasteiger partial charge in [0.1, 0.15) is 17.6 Å². The molecule has 0 bridgehead atoms. The molecule has 1 aromatic rings. The second-order valence-electron chi connectivity index (χ2n) is 20.8. The van der Waals surface area contributed by atoms with E-state index in [1.54, 1.807) is 32.9 Å². The molecule has 452 valence electrons. The van der Waals surface area contributed by atoms with E-state index in [9.17, 15) is 33.6 Å². The Morgan fingerprint density at radius 3 is 1.80 bits per heavy atom. The van der Waals surface area contributed by atoms with Crippen molar-refractivity contribution in [3.05, 3.63) is 48.0 Å². The summed E-state index contributed by atoms with van der Waals surface area (Å²) < 4.78 is 50.2.